The van der Waals surface area contributed by atoms with Crippen LogP contribution < -0.4 is 0 Å². The van der Waals surface area contributed by atoms with Crippen molar-refractivity contribution < 1.29 is 9.84 Å². The minimum atomic E-state index is -0.404. The van der Waals surface area contributed by atoms with Crippen LogP contribution in [0.3, 0.4) is 0 Å². The molecule has 1 atom stereocenters. The zero-order chi connectivity index (χ0) is 14.5. The van der Waals surface area contributed by atoms with Crippen molar-refractivity contribution in [3.8, 4) is 0 Å². The van der Waals surface area contributed by atoms with Gasteiger partial charge in [0, 0.05) is 26.3 Å². The van der Waals surface area contributed by atoms with Gasteiger partial charge >= 0.3 is 0 Å². The fourth-order valence-electron chi connectivity index (χ4n) is 3.05. The molecule has 1 aliphatic rings. The van der Waals surface area contributed by atoms with Crippen LogP contribution in [0.1, 0.15) is 35.6 Å². The first-order valence-electron chi connectivity index (χ1n) is 7.57. The number of hydrogen-bond acceptors (Lipinski definition) is 3. The predicted octanol–water partition coefficient (Wildman–Crippen LogP) is 2.70. The van der Waals surface area contributed by atoms with Gasteiger partial charge in [-0.05, 0) is 45.2 Å². The van der Waals surface area contributed by atoms with E-state index >= 15 is 0 Å². The monoisotopic (exact) mass is 277 g/mol. The average molecular weight is 277 g/mol. The molecule has 0 spiro atoms. The topological polar surface area (TPSA) is 32.7 Å². The highest BCUT2D eigenvalue weighted by Gasteiger charge is 2.18. The third-order valence-electron chi connectivity index (χ3n) is 4.02. The van der Waals surface area contributed by atoms with Crippen molar-refractivity contribution in [2.75, 3.05) is 33.4 Å². The number of aliphatic hydroxyl groups excluding tert-OH is 1. The Bertz CT molecular complexity index is 407. The largest absolute Gasteiger partial charge is 0.387 e. The molecule has 3 heteroatoms. The van der Waals surface area contributed by atoms with Gasteiger partial charge in [0.2, 0.25) is 0 Å². The van der Waals surface area contributed by atoms with Gasteiger partial charge in [0.25, 0.3) is 0 Å². The molecule has 1 unspecified atom stereocenters. The van der Waals surface area contributed by atoms with Crippen LogP contribution in [0, 0.1) is 19.8 Å². The highest BCUT2D eigenvalue weighted by Crippen LogP contribution is 2.20. The third-order valence-corrected chi connectivity index (χ3v) is 4.02. The fraction of sp³-hybridized carbons (Fsp3) is 0.647. The molecular formula is C17H27NO2. The molecule has 1 aliphatic heterocycles. The Morgan fingerprint density at radius 3 is 2.40 bits per heavy atom. The van der Waals surface area contributed by atoms with E-state index in [1.807, 2.05) is 0 Å². The van der Waals surface area contributed by atoms with E-state index in [0.717, 1.165) is 38.2 Å². The number of hydrogen-bond donors (Lipinski definition) is 1. The molecule has 1 aromatic carbocycles. The number of rotatable bonds is 5. The second kappa shape index (κ2) is 7.21. The summed E-state index contributed by atoms with van der Waals surface area (Å²) in [5.74, 6) is 0.709. The molecule has 0 bridgehead atoms. The molecule has 0 aliphatic carbocycles. The van der Waals surface area contributed by atoms with E-state index in [2.05, 4.69) is 44.0 Å². The molecule has 1 heterocycles. The third kappa shape index (κ3) is 4.58. The van der Waals surface area contributed by atoms with E-state index in [1.165, 1.54) is 11.1 Å². The van der Waals surface area contributed by atoms with E-state index in [0.29, 0.717) is 12.5 Å². The Hall–Kier alpha value is -0.900. The van der Waals surface area contributed by atoms with Crippen LogP contribution in [0.15, 0.2) is 18.2 Å². The van der Waals surface area contributed by atoms with Gasteiger partial charge < -0.3 is 14.7 Å². The Kier molecular flexibility index (Phi) is 5.58. The summed E-state index contributed by atoms with van der Waals surface area (Å²) in [5.41, 5.74) is 3.46. The van der Waals surface area contributed by atoms with E-state index in [4.69, 9.17) is 4.74 Å². The molecular weight excluding hydrogens is 250 g/mol. The molecule has 20 heavy (non-hydrogen) atoms. The number of nitrogens with zero attached hydrogens (tertiary/aromatic N) is 1. The summed E-state index contributed by atoms with van der Waals surface area (Å²) in [6.45, 7) is 7.67. The van der Waals surface area contributed by atoms with Crippen molar-refractivity contribution in [3.63, 3.8) is 0 Å². The van der Waals surface area contributed by atoms with Crippen LogP contribution in [0.5, 0.6) is 0 Å². The smallest absolute Gasteiger partial charge is 0.0916 e. The molecule has 1 fully saturated rings. The Morgan fingerprint density at radius 1 is 1.20 bits per heavy atom. The zero-order valence-corrected chi connectivity index (χ0v) is 12.9. The maximum Gasteiger partial charge on any atom is 0.0916 e. The number of aryl methyl sites for hydroxylation is 2. The van der Waals surface area contributed by atoms with Gasteiger partial charge in [0.05, 0.1) is 6.10 Å². The number of benzene rings is 1. The maximum atomic E-state index is 10.4. The van der Waals surface area contributed by atoms with Crippen molar-refractivity contribution in [3.05, 3.63) is 34.9 Å². The van der Waals surface area contributed by atoms with Crippen molar-refractivity contribution >= 4 is 0 Å². The minimum Gasteiger partial charge on any atom is -0.387 e. The molecule has 0 radical (unpaired) electrons. The summed E-state index contributed by atoms with van der Waals surface area (Å²) >= 11 is 0. The highest BCUT2D eigenvalue weighted by atomic mass is 16.5. The molecule has 2 rings (SSSR count). The SMILES string of the molecule is Cc1cc(C)cc(C(O)CN(C)CC2CCOCC2)c1. The summed E-state index contributed by atoms with van der Waals surface area (Å²) < 4.78 is 5.39. The highest BCUT2D eigenvalue weighted by molar-refractivity contribution is 5.30. The lowest BCUT2D eigenvalue weighted by Gasteiger charge is -2.28. The summed E-state index contributed by atoms with van der Waals surface area (Å²) in [7, 11) is 2.10. The molecule has 1 N–H and O–H groups in total. The summed E-state index contributed by atoms with van der Waals surface area (Å²) in [6.07, 6.45) is 1.88. The second-order valence-corrected chi connectivity index (χ2v) is 6.21. The maximum absolute atomic E-state index is 10.4. The van der Waals surface area contributed by atoms with E-state index < -0.39 is 6.10 Å². The number of aliphatic hydroxyl groups is 1. The zero-order valence-electron chi connectivity index (χ0n) is 12.9. The standard InChI is InChI=1S/C17H27NO2/c1-13-8-14(2)10-16(9-13)17(19)12-18(3)11-15-4-6-20-7-5-15/h8-10,15,17,19H,4-7,11-12H2,1-3H3. The number of ether oxygens (including phenoxy) is 1. The van der Waals surface area contributed by atoms with E-state index in [9.17, 15) is 5.11 Å². The number of likely N-dealkylation sites (N-methyl/N-ethyl adjacent to an activating group) is 1. The lowest BCUT2D eigenvalue weighted by molar-refractivity contribution is 0.0478. The van der Waals surface area contributed by atoms with Crippen LogP contribution in [0.25, 0.3) is 0 Å². The lowest BCUT2D eigenvalue weighted by atomic mass is 9.99. The van der Waals surface area contributed by atoms with Gasteiger partial charge in [-0.2, -0.15) is 0 Å². The quantitative estimate of drug-likeness (QED) is 0.898. The summed E-state index contributed by atoms with van der Waals surface area (Å²) in [6, 6.07) is 6.31. The fourth-order valence-corrected chi connectivity index (χ4v) is 3.05. The van der Waals surface area contributed by atoms with Crippen molar-refractivity contribution in [2.45, 2.75) is 32.8 Å². The van der Waals surface area contributed by atoms with E-state index in [1.54, 1.807) is 0 Å². The molecule has 0 amide bonds. The van der Waals surface area contributed by atoms with Crippen LogP contribution in [-0.2, 0) is 4.74 Å². The molecule has 112 valence electrons. The van der Waals surface area contributed by atoms with Gasteiger partial charge in [-0.3, -0.25) is 0 Å². The molecule has 1 saturated heterocycles. The molecule has 0 saturated carbocycles. The van der Waals surface area contributed by atoms with E-state index in [-0.39, 0.29) is 0 Å². The summed E-state index contributed by atoms with van der Waals surface area (Å²) in [5, 5.41) is 10.4. The molecule has 0 aromatic heterocycles. The van der Waals surface area contributed by atoms with Crippen molar-refractivity contribution in [2.24, 2.45) is 5.92 Å². The van der Waals surface area contributed by atoms with Gasteiger partial charge in [-0.1, -0.05) is 29.3 Å². The first-order valence-corrected chi connectivity index (χ1v) is 7.57. The Balaban J connectivity index is 1.87. The Labute approximate surface area is 122 Å². The van der Waals surface area contributed by atoms with Gasteiger partial charge in [-0.25, -0.2) is 0 Å². The van der Waals surface area contributed by atoms with Crippen LogP contribution in [0.4, 0.5) is 0 Å². The van der Waals surface area contributed by atoms with Crippen LogP contribution >= 0.6 is 0 Å². The summed E-state index contributed by atoms with van der Waals surface area (Å²) in [4.78, 5) is 2.25. The van der Waals surface area contributed by atoms with Crippen LogP contribution in [0.2, 0.25) is 0 Å². The van der Waals surface area contributed by atoms with Gasteiger partial charge in [0.1, 0.15) is 0 Å². The van der Waals surface area contributed by atoms with Crippen molar-refractivity contribution in [1.29, 1.82) is 0 Å². The first-order chi connectivity index (χ1) is 9.54. The van der Waals surface area contributed by atoms with Gasteiger partial charge in [-0.15, -0.1) is 0 Å². The Morgan fingerprint density at radius 2 is 1.80 bits per heavy atom. The molecule has 1 aromatic rings. The predicted molar refractivity (Wildman–Crippen MR) is 81.9 cm³/mol. The first kappa shape index (κ1) is 15.5. The lowest BCUT2D eigenvalue weighted by Crippen LogP contribution is -2.32. The average Bonchev–Trinajstić information content (AvgIpc) is 2.38. The van der Waals surface area contributed by atoms with Crippen LogP contribution in [-0.4, -0.2) is 43.4 Å². The molecule has 3 nitrogen and oxygen atoms in total. The van der Waals surface area contributed by atoms with Gasteiger partial charge in [0.15, 0.2) is 0 Å². The normalized spacial score (nSPS) is 18.4. The van der Waals surface area contributed by atoms with Crippen molar-refractivity contribution in [1.82, 2.24) is 4.90 Å². The minimum absolute atomic E-state index is 0.404. The second-order valence-electron chi connectivity index (χ2n) is 6.21.